The molecule has 0 aliphatic rings. The summed E-state index contributed by atoms with van der Waals surface area (Å²) in [5.74, 6) is 1.39. The second-order valence-corrected chi connectivity index (χ2v) is 5.15. The Labute approximate surface area is 129 Å². The van der Waals surface area contributed by atoms with Gasteiger partial charge in [0.1, 0.15) is 6.04 Å². The Morgan fingerprint density at radius 1 is 1.14 bits per heavy atom. The number of anilines is 1. The maximum absolute atomic E-state index is 9.18. The van der Waals surface area contributed by atoms with Crippen molar-refractivity contribution in [2.75, 3.05) is 5.32 Å². The molecule has 2 N–H and O–H groups in total. The molecule has 1 unspecified atom stereocenters. The monoisotopic (exact) mass is 294 g/mol. The van der Waals surface area contributed by atoms with Crippen LogP contribution >= 0.6 is 0 Å². The van der Waals surface area contributed by atoms with E-state index in [1.54, 1.807) is 6.20 Å². The van der Waals surface area contributed by atoms with Crippen LogP contribution in [0.4, 0.5) is 5.69 Å². The molecule has 0 bridgehead atoms. The average Bonchev–Trinajstić information content (AvgIpc) is 3.06. The third kappa shape index (κ3) is 3.18. The number of rotatable bonds is 5. The van der Waals surface area contributed by atoms with Gasteiger partial charge in [0.25, 0.3) is 0 Å². The van der Waals surface area contributed by atoms with Crippen molar-refractivity contribution in [1.29, 1.82) is 0 Å². The molecule has 22 heavy (non-hydrogen) atoms. The number of oxazole rings is 1. The second-order valence-electron chi connectivity index (χ2n) is 5.15. The highest BCUT2D eigenvalue weighted by Crippen LogP contribution is 2.25. The molecule has 1 atom stereocenters. The van der Waals surface area contributed by atoms with E-state index in [0.717, 1.165) is 22.6 Å². The van der Waals surface area contributed by atoms with Crippen LogP contribution in [0.5, 0.6) is 0 Å². The van der Waals surface area contributed by atoms with Crippen molar-refractivity contribution in [2.24, 2.45) is 0 Å². The normalized spacial score (nSPS) is 12.1. The van der Waals surface area contributed by atoms with Crippen LogP contribution in [0.2, 0.25) is 0 Å². The maximum atomic E-state index is 9.18. The highest BCUT2D eigenvalue weighted by molar-refractivity contribution is 5.56. The quantitative estimate of drug-likeness (QED) is 0.746. The molecule has 2 aromatic carbocycles. The fourth-order valence-corrected chi connectivity index (χ4v) is 2.29. The van der Waals surface area contributed by atoms with Gasteiger partial charge in [-0.05, 0) is 24.6 Å². The zero-order valence-electron chi connectivity index (χ0n) is 12.4. The third-order valence-corrected chi connectivity index (χ3v) is 3.45. The molecule has 112 valence electrons. The summed E-state index contributed by atoms with van der Waals surface area (Å²) in [6.07, 6.45) is 1.74. The van der Waals surface area contributed by atoms with E-state index in [-0.39, 0.29) is 12.6 Å². The van der Waals surface area contributed by atoms with E-state index in [2.05, 4.69) is 10.3 Å². The van der Waals surface area contributed by atoms with Gasteiger partial charge in [0.05, 0.1) is 12.8 Å². The van der Waals surface area contributed by atoms with Crippen molar-refractivity contribution in [2.45, 2.75) is 19.6 Å². The summed E-state index contributed by atoms with van der Waals surface area (Å²) in [6.45, 7) is 2.02. The summed E-state index contributed by atoms with van der Waals surface area (Å²) in [5.41, 5.74) is 2.81. The van der Waals surface area contributed by atoms with Crippen LogP contribution in [0.1, 0.15) is 24.4 Å². The summed E-state index contributed by atoms with van der Waals surface area (Å²) in [7, 11) is 0. The minimum absolute atomic E-state index is 0.0288. The molecule has 0 spiro atoms. The molecule has 0 saturated carbocycles. The number of benzene rings is 2. The molecule has 4 heteroatoms. The Morgan fingerprint density at radius 3 is 2.73 bits per heavy atom. The van der Waals surface area contributed by atoms with Crippen LogP contribution in [0.15, 0.2) is 65.2 Å². The van der Waals surface area contributed by atoms with Gasteiger partial charge in [0, 0.05) is 11.3 Å². The van der Waals surface area contributed by atoms with Crippen molar-refractivity contribution >= 4 is 5.69 Å². The summed E-state index contributed by atoms with van der Waals surface area (Å²) < 4.78 is 5.84. The fourth-order valence-electron chi connectivity index (χ4n) is 2.29. The first kappa shape index (κ1) is 14.4. The lowest BCUT2D eigenvalue weighted by Crippen LogP contribution is -2.07. The summed E-state index contributed by atoms with van der Waals surface area (Å²) >= 11 is 0. The Hall–Kier alpha value is -2.59. The number of aromatic nitrogens is 1. The smallest absolute Gasteiger partial charge is 0.217 e. The summed E-state index contributed by atoms with van der Waals surface area (Å²) in [4.78, 5) is 4.35. The Balaban J connectivity index is 1.75. The number of aliphatic hydroxyl groups excluding tert-OH is 1. The molecule has 1 aromatic heterocycles. The lowest BCUT2D eigenvalue weighted by atomic mass is 10.2. The van der Waals surface area contributed by atoms with Crippen molar-refractivity contribution < 1.29 is 9.52 Å². The van der Waals surface area contributed by atoms with Crippen LogP contribution in [0.3, 0.4) is 0 Å². The molecule has 1 heterocycles. The maximum Gasteiger partial charge on any atom is 0.217 e. The lowest BCUT2D eigenvalue weighted by Gasteiger charge is -2.12. The number of aliphatic hydroxyl groups is 1. The van der Waals surface area contributed by atoms with E-state index in [0.29, 0.717) is 5.89 Å². The van der Waals surface area contributed by atoms with E-state index in [1.807, 2.05) is 61.5 Å². The highest BCUT2D eigenvalue weighted by Gasteiger charge is 2.13. The van der Waals surface area contributed by atoms with Gasteiger partial charge in [-0.3, -0.25) is 0 Å². The van der Waals surface area contributed by atoms with Crippen molar-refractivity contribution in [3.05, 3.63) is 72.2 Å². The first-order valence-electron chi connectivity index (χ1n) is 7.24. The summed E-state index contributed by atoms with van der Waals surface area (Å²) in [6, 6.07) is 17.5. The predicted octanol–water partition coefficient (Wildman–Crippen LogP) is 4.01. The van der Waals surface area contributed by atoms with Gasteiger partial charge in [-0.15, -0.1) is 0 Å². The molecule has 3 aromatic rings. The van der Waals surface area contributed by atoms with Crippen LogP contribution in [0.25, 0.3) is 11.3 Å². The van der Waals surface area contributed by atoms with Crippen molar-refractivity contribution in [1.82, 2.24) is 4.98 Å². The molecular formula is C18H18N2O2. The van der Waals surface area contributed by atoms with E-state index >= 15 is 0 Å². The molecule has 0 aliphatic carbocycles. The molecule has 0 radical (unpaired) electrons. The average molecular weight is 294 g/mol. The Kier molecular flexibility index (Phi) is 4.21. The minimum Gasteiger partial charge on any atom is -0.438 e. The molecule has 3 rings (SSSR count). The highest BCUT2D eigenvalue weighted by atomic mass is 16.4. The molecular weight excluding hydrogens is 276 g/mol. The first-order valence-corrected chi connectivity index (χ1v) is 7.24. The third-order valence-electron chi connectivity index (χ3n) is 3.45. The SMILES string of the molecule is CC(Nc1cccc(CO)c1)c1ncc(-c2ccccc2)o1. The zero-order valence-corrected chi connectivity index (χ0v) is 12.4. The molecule has 0 amide bonds. The van der Waals surface area contributed by atoms with Crippen LogP contribution < -0.4 is 5.32 Å². The van der Waals surface area contributed by atoms with E-state index in [9.17, 15) is 5.11 Å². The van der Waals surface area contributed by atoms with E-state index < -0.39 is 0 Å². The van der Waals surface area contributed by atoms with E-state index in [4.69, 9.17) is 4.42 Å². The Bertz CT molecular complexity index is 738. The van der Waals surface area contributed by atoms with Gasteiger partial charge in [0.15, 0.2) is 5.76 Å². The largest absolute Gasteiger partial charge is 0.438 e. The standard InChI is InChI=1S/C18H18N2O2/c1-13(20-16-9-5-6-14(10-16)12-21)18-19-11-17(22-18)15-7-3-2-4-8-15/h2-11,13,20-21H,12H2,1H3. The van der Waals surface area contributed by atoms with Crippen molar-refractivity contribution in [3.8, 4) is 11.3 Å². The van der Waals surface area contributed by atoms with Crippen LogP contribution in [0, 0.1) is 0 Å². The van der Waals surface area contributed by atoms with Gasteiger partial charge in [-0.1, -0.05) is 42.5 Å². The predicted molar refractivity (Wildman–Crippen MR) is 86.3 cm³/mol. The Morgan fingerprint density at radius 2 is 1.95 bits per heavy atom. The van der Waals surface area contributed by atoms with Crippen LogP contribution in [-0.4, -0.2) is 10.1 Å². The van der Waals surface area contributed by atoms with Gasteiger partial charge < -0.3 is 14.8 Å². The lowest BCUT2D eigenvalue weighted by molar-refractivity contribution is 0.282. The molecule has 4 nitrogen and oxygen atoms in total. The fraction of sp³-hybridized carbons (Fsp3) is 0.167. The van der Waals surface area contributed by atoms with Crippen molar-refractivity contribution in [3.63, 3.8) is 0 Å². The zero-order chi connectivity index (χ0) is 15.4. The van der Waals surface area contributed by atoms with Gasteiger partial charge in [-0.25, -0.2) is 4.98 Å². The molecule has 0 fully saturated rings. The molecule has 0 saturated heterocycles. The number of hydrogen-bond acceptors (Lipinski definition) is 4. The molecule has 0 aliphatic heterocycles. The number of nitrogens with one attached hydrogen (secondary N) is 1. The first-order chi connectivity index (χ1) is 10.8. The van der Waals surface area contributed by atoms with Crippen LogP contribution in [-0.2, 0) is 6.61 Å². The van der Waals surface area contributed by atoms with E-state index in [1.165, 1.54) is 0 Å². The summed E-state index contributed by atoms with van der Waals surface area (Å²) in [5, 5.41) is 12.5. The van der Waals surface area contributed by atoms with Gasteiger partial charge in [-0.2, -0.15) is 0 Å². The number of nitrogens with zero attached hydrogens (tertiary/aromatic N) is 1. The second kappa shape index (κ2) is 6.45. The van der Waals surface area contributed by atoms with Gasteiger partial charge >= 0.3 is 0 Å². The number of hydrogen-bond donors (Lipinski definition) is 2. The topological polar surface area (TPSA) is 58.3 Å². The minimum atomic E-state index is -0.0635. The van der Waals surface area contributed by atoms with Gasteiger partial charge in [0.2, 0.25) is 5.89 Å².